The van der Waals surface area contributed by atoms with Crippen LogP contribution in [0.1, 0.15) is 0 Å². The van der Waals surface area contributed by atoms with Gasteiger partial charge in [0.2, 0.25) is 12.1 Å². The lowest BCUT2D eigenvalue weighted by atomic mass is 10.3. The SMILES string of the molecule is [C-]#[N+]c1ccccc1NC=O. The number of nitrogens with zero attached hydrogens (tertiary/aromatic N) is 1. The minimum atomic E-state index is 0.458. The van der Waals surface area contributed by atoms with Gasteiger partial charge in [0, 0.05) is 5.69 Å². The predicted octanol–water partition coefficient (Wildman–Crippen LogP) is 1.81. The molecule has 1 rings (SSSR count). The molecule has 0 atom stereocenters. The van der Waals surface area contributed by atoms with Crippen LogP contribution in [0.25, 0.3) is 4.85 Å². The zero-order chi connectivity index (χ0) is 8.10. The van der Waals surface area contributed by atoms with Gasteiger partial charge in [0.15, 0.2) is 0 Å². The molecular weight excluding hydrogens is 140 g/mol. The van der Waals surface area contributed by atoms with Crippen LogP contribution < -0.4 is 5.32 Å². The van der Waals surface area contributed by atoms with Crippen LogP contribution in [0.2, 0.25) is 0 Å². The molecule has 0 fully saturated rings. The smallest absolute Gasteiger partial charge is 0.210 e. The van der Waals surface area contributed by atoms with Crippen molar-refractivity contribution in [3.63, 3.8) is 0 Å². The van der Waals surface area contributed by atoms with E-state index >= 15 is 0 Å². The number of nitrogens with one attached hydrogen (secondary N) is 1. The van der Waals surface area contributed by atoms with Gasteiger partial charge in [0.25, 0.3) is 0 Å². The maximum atomic E-state index is 10.0. The zero-order valence-corrected chi connectivity index (χ0v) is 5.74. The molecule has 3 heteroatoms. The van der Waals surface area contributed by atoms with Crippen molar-refractivity contribution in [3.8, 4) is 0 Å². The molecule has 0 spiro atoms. The van der Waals surface area contributed by atoms with Crippen LogP contribution in [0.3, 0.4) is 0 Å². The third-order valence-corrected chi connectivity index (χ3v) is 1.24. The fraction of sp³-hybridized carbons (Fsp3) is 0. The first-order valence-electron chi connectivity index (χ1n) is 3.05. The van der Waals surface area contributed by atoms with Gasteiger partial charge in [-0.3, -0.25) is 4.79 Å². The van der Waals surface area contributed by atoms with Gasteiger partial charge in [-0.15, -0.1) is 0 Å². The summed E-state index contributed by atoms with van der Waals surface area (Å²) in [6.45, 7) is 6.73. The number of para-hydroxylation sites is 2. The summed E-state index contributed by atoms with van der Waals surface area (Å²) in [5.74, 6) is 0. The van der Waals surface area contributed by atoms with E-state index < -0.39 is 0 Å². The molecule has 0 aliphatic heterocycles. The normalized spacial score (nSPS) is 8.27. The predicted molar refractivity (Wildman–Crippen MR) is 42.4 cm³/mol. The van der Waals surface area contributed by atoms with Crippen LogP contribution >= 0.6 is 0 Å². The Morgan fingerprint density at radius 2 is 2.18 bits per heavy atom. The van der Waals surface area contributed by atoms with Crippen molar-refractivity contribution in [1.82, 2.24) is 0 Å². The third kappa shape index (κ3) is 1.55. The summed E-state index contributed by atoms with van der Waals surface area (Å²) in [6, 6.07) is 6.85. The first-order chi connectivity index (χ1) is 5.38. The third-order valence-electron chi connectivity index (χ3n) is 1.24. The standard InChI is InChI=1S/C8H6N2O/c1-9-7-4-2-3-5-8(7)10-6-11/h2-6H,(H,10,11). The second-order valence-electron chi connectivity index (χ2n) is 1.89. The average molecular weight is 146 g/mol. The molecule has 0 saturated heterocycles. The van der Waals surface area contributed by atoms with Gasteiger partial charge >= 0.3 is 0 Å². The highest BCUT2D eigenvalue weighted by molar-refractivity contribution is 5.80. The molecule has 0 aliphatic rings. The van der Waals surface area contributed by atoms with E-state index in [0.717, 1.165) is 0 Å². The molecule has 0 bridgehead atoms. The molecule has 3 nitrogen and oxygen atoms in total. The Kier molecular flexibility index (Phi) is 2.24. The van der Waals surface area contributed by atoms with Crippen LogP contribution in [0.4, 0.5) is 11.4 Å². The topological polar surface area (TPSA) is 33.5 Å². The van der Waals surface area contributed by atoms with Crippen LogP contribution in [0, 0.1) is 6.57 Å². The molecule has 1 amide bonds. The van der Waals surface area contributed by atoms with Crippen LogP contribution in [-0.4, -0.2) is 6.41 Å². The second-order valence-corrected chi connectivity index (χ2v) is 1.89. The maximum Gasteiger partial charge on any atom is 0.210 e. The number of rotatable bonds is 2. The first kappa shape index (κ1) is 7.29. The van der Waals surface area contributed by atoms with E-state index in [2.05, 4.69) is 10.2 Å². The average Bonchev–Trinajstić information content (AvgIpc) is 2.06. The van der Waals surface area contributed by atoms with E-state index in [1.807, 2.05) is 0 Å². The van der Waals surface area contributed by atoms with Gasteiger partial charge in [-0.05, 0) is 6.07 Å². The number of anilines is 1. The molecule has 0 radical (unpaired) electrons. The monoisotopic (exact) mass is 146 g/mol. The highest BCUT2D eigenvalue weighted by atomic mass is 16.1. The molecule has 0 heterocycles. The minimum absolute atomic E-state index is 0.458. The summed E-state index contributed by atoms with van der Waals surface area (Å²) in [5, 5.41) is 2.43. The van der Waals surface area contributed by atoms with E-state index in [0.29, 0.717) is 17.8 Å². The summed E-state index contributed by atoms with van der Waals surface area (Å²) >= 11 is 0. The summed E-state index contributed by atoms with van der Waals surface area (Å²) in [5.41, 5.74) is 1.01. The number of carbonyl (C=O) groups is 1. The van der Waals surface area contributed by atoms with Crippen molar-refractivity contribution < 1.29 is 4.79 Å². The van der Waals surface area contributed by atoms with Crippen LogP contribution in [-0.2, 0) is 4.79 Å². The first-order valence-corrected chi connectivity index (χ1v) is 3.05. The van der Waals surface area contributed by atoms with E-state index in [4.69, 9.17) is 6.57 Å². The van der Waals surface area contributed by atoms with Crippen molar-refractivity contribution in [2.45, 2.75) is 0 Å². The Labute approximate surface area is 64.5 Å². The van der Waals surface area contributed by atoms with E-state index in [-0.39, 0.29) is 0 Å². The van der Waals surface area contributed by atoms with Crippen molar-refractivity contribution >= 4 is 17.8 Å². The molecule has 0 unspecified atom stereocenters. The molecule has 54 valence electrons. The molecule has 0 saturated carbocycles. The fourth-order valence-corrected chi connectivity index (χ4v) is 0.757. The Morgan fingerprint density at radius 3 is 2.82 bits per heavy atom. The highest BCUT2D eigenvalue weighted by Gasteiger charge is 1.96. The minimum Gasteiger partial charge on any atom is -0.338 e. The van der Waals surface area contributed by atoms with E-state index in [1.54, 1.807) is 24.3 Å². The highest BCUT2D eigenvalue weighted by Crippen LogP contribution is 2.22. The molecular formula is C8H6N2O. The Hall–Kier alpha value is -1.82. The van der Waals surface area contributed by atoms with Gasteiger partial charge in [0.1, 0.15) is 0 Å². The summed E-state index contributed by atoms with van der Waals surface area (Å²) in [6.07, 6.45) is 0.560. The van der Waals surface area contributed by atoms with Crippen molar-refractivity contribution in [1.29, 1.82) is 0 Å². The largest absolute Gasteiger partial charge is 0.338 e. The lowest BCUT2D eigenvalue weighted by Crippen LogP contribution is -1.92. The lowest BCUT2D eigenvalue weighted by Gasteiger charge is -1.98. The molecule has 1 N–H and O–H groups in total. The summed E-state index contributed by atoms with van der Waals surface area (Å²) < 4.78 is 0. The van der Waals surface area contributed by atoms with Gasteiger partial charge in [-0.1, -0.05) is 18.2 Å². The Balaban J connectivity index is 3.04. The van der Waals surface area contributed by atoms with Gasteiger partial charge in [-0.2, -0.15) is 0 Å². The molecule has 1 aromatic rings. The summed E-state index contributed by atoms with van der Waals surface area (Å²) in [7, 11) is 0. The quantitative estimate of drug-likeness (QED) is 0.501. The van der Waals surface area contributed by atoms with Crippen LogP contribution in [0.15, 0.2) is 24.3 Å². The van der Waals surface area contributed by atoms with Gasteiger partial charge < -0.3 is 5.32 Å². The lowest BCUT2D eigenvalue weighted by molar-refractivity contribution is -0.105. The Morgan fingerprint density at radius 1 is 1.45 bits per heavy atom. The van der Waals surface area contributed by atoms with Crippen molar-refractivity contribution in [3.05, 3.63) is 35.7 Å². The number of carbonyl (C=O) groups excluding carboxylic acids is 1. The van der Waals surface area contributed by atoms with E-state index in [1.165, 1.54) is 0 Å². The summed E-state index contributed by atoms with van der Waals surface area (Å²) in [4.78, 5) is 13.2. The van der Waals surface area contributed by atoms with E-state index in [9.17, 15) is 4.79 Å². The molecule has 11 heavy (non-hydrogen) atoms. The number of benzene rings is 1. The second kappa shape index (κ2) is 3.37. The zero-order valence-electron chi connectivity index (χ0n) is 5.74. The molecule has 1 aromatic carbocycles. The van der Waals surface area contributed by atoms with Gasteiger partial charge in [0.05, 0.1) is 6.57 Å². The van der Waals surface area contributed by atoms with Crippen molar-refractivity contribution in [2.75, 3.05) is 5.32 Å². The maximum absolute atomic E-state index is 10.0. The van der Waals surface area contributed by atoms with Gasteiger partial charge in [-0.25, -0.2) is 4.85 Å². The number of hydrogen-bond donors (Lipinski definition) is 1. The fourth-order valence-electron chi connectivity index (χ4n) is 0.757. The molecule has 0 aliphatic carbocycles. The number of amides is 1. The Bertz CT molecular complexity index is 301. The number of hydrogen-bond acceptors (Lipinski definition) is 1. The van der Waals surface area contributed by atoms with Crippen LogP contribution in [0.5, 0.6) is 0 Å². The molecule has 0 aromatic heterocycles. The van der Waals surface area contributed by atoms with Crippen molar-refractivity contribution in [2.24, 2.45) is 0 Å².